The summed E-state index contributed by atoms with van der Waals surface area (Å²) in [6.07, 6.45) is 7.44. The normalized spacial score (nSPS) is 16.7. The fourth-order valence-corrected chi connectivity index (χ4v) is 5.38. The fourth-order valence-electron chi connectivity index (χ4n) is 4.35. The molecule has 3 aromatic carbocycles. The molecule has 1 aliphatic carbocycles. The number of hydrogen-bond acceptors (Lipinski definition) is 2. The van der Waals surface area contributed by atoms with Gasteiger partial charge in [-0.2, -0.15) is 0 Å². The van der Waals surface area contributed by atoms with Crippen molar-refractivity contribution >= 4 is 23.2 Å². The summed E-state index contributed by atoms with van der Waals surface area (Å²) in [5.74, 6) is 0.634. The fraction of sp³-hybridized carbons (Fsp3) is 0.179. The standard InChI is InChI=1S/C28H25NS/c1-19(21-11-5-3-6-12-21)23-17-26-28(30-27-16-10-9-15-25(27)29-26)18-24(23)20(2)22-13-7-4-8-14-22/h3-14,16-20H,15H2,1-2H3. The quantitative estimate of drug-likeness (QED) is 0.426. The molecule has 2 heteroatoms. The molecule has 0 fully saturated rings. The first-order valence-electron chi connectivity index (χ1n) is 10.6. The van der Waals surface area contributed by atoms with Gasteiger partial charge in [-0.25, -0.2) is 0 Å². The predicted molar refractivity (Wildman–Crippen MR) is 129 cm³/mol. The summed E-state index contributed by atoms with van der Waals surface area (Å²) in [6.45, 7) is 4.64. The number of nitrogens with zero attached hydrogens (tertiary/aromatic N) is 1. The molecule has 1 aliphatic heterocycles. The molecule has 0 radical (unpaired) electrons. The highest BCUT2D eigenvalue weighted by atomic mass is 32.2. The number of aliphatic imine (C=N–C) groups is 1. The van der Waals surface area contributed by atoms with Crippen LogP contribution in [-0.2, 0) is 0 Å². The number of hydrogen-bond donors (Lipinski definition) is 0. The second-order valence-corrected chi connectivity index (χ2v) is 9.12. The zero-order chi connectivity index (χ0) is 20.5. The molecule has 0 saturated carbocycles. The average molecular weight is 408 g/mol. The van der Waals surface area contributed by atoms with Crippen LogP contribution >= 0.6 is 11.8 Å². The van der Waals surface area contributed by atoms with Crippen molar-refractivity contribution in [1.29, 1.82) is 0 Å². The summed E-state index contributed by atoms with van der Waals surface area (Å²) < 4.78 is 0. The molecule has 5 rings (SSSR count). The summed E-state index contributed by atoms with van der Waals surface area (Å²) in [5, 5.41) is 0. The Kier molecular flexibility index (Phi) is 5.18. The average Bonchev–Trinajstić information content (AvgIpc) is 2.82. The molecule has 0 saturated heterocycles. The predicted octanol–water partition coefficient (Wildman–Crippen LogP) is 8.01. The van der Waals surface area contributed by atoms with Crippen molar-refractivity contribution in [2.24, 2.45) is 4.99 Å². The molecule has 2 atom stereocenters. The van der Waals surface area contributed by atoms with Gasteiger partial charge in [0.1, 0.15) is 0 Å². The third kappa shape index (κ3) is 3.57. The van der Waals surface area contributed by atoms with Crippen LogP contribution in [0, 0.1) is 0 Å². The largest absolute Gasteiger partial charge is 0.251 e. The Morgan fingerprint density at radius 2 is 1.40 bits per heavy atom. The van der Waals surface area contributed by atoms with Gasteiger partial charge in [-0.15, -0.1) is 0 Å². The van der Waals surface area contributed by atoms with E-state index in [9.17, 15) is 0 Å². The molecule has 1 nitrogen and oxygen atoms in total. The Morgan fingerprint density at radius 1 is 0.800 bits per heavy atom. The number of allylic oxidation sites excluding steroid dienone is 4. The van der Waals surface area contributed by atoms with Crippen LogP contribution in [-0.4, -0.2) is 5.71 Å². The second-order valence-electron chi connectivity index (χ2n) is 8.04. The van der Waals surface area contributed by atoms with E-state index in [4.69, 9.17) is 4.99 Å². The lowest BCUT2D eigenvalue weighted by Crippen LogP contribution is -2.09. The number of thioether (sulfide) groups is 1. The van der Waals surface area contributed by atoms with Crippen molar-refractivity contribution in [3.05, 3.63) is 118 Å². The maximum atomic E-state index is 5.05. The molecule has 30 heavy (non-hydrogen) atoms. The molecule has 0 amide bonds. The Labute approximate surface area is 183 Å². The van der Waals surface area contributed by atoms with Gasteiger partial charge >= 0.3 is 0 Å². The van der Waals surface area contributed by atoms with E-state index in [0.717, 1.165) is 12.1 Å². The zero-order valence-electron chi connectivity index (χ0n) is 17.4. The van der Waals surface area contributed by atoms with Crippen LogP contribution in [0.5, 0.6) is 0 Å². The van der Waals surface area contributed by atoms with Crippen molar-refractivity contribution in [2.75, 3.05) is 0 Å². The van der Waals surface area contributed by atoms with Gasteiger partial charge in [0.05, 0.1) is 11.4 Å². The lowest BCUT2D eigenvalue weighted by Gasteiger charge is -2.26. The lowest BCUT2D eigenvalue weighted by molar-refractivity contribution is 0.838. The monoisotopic (exact) mass is 407 g/mol. The van der Waals surface area contributed by atoms with Crippen LogP contribution in [0.2, 0.25) is 0 Å². The van der Waals surface area contributed by atoms with Gasteiger partial charge in [0, 0.05) is 28.1 Å². The summed E-state index contributed by atoms with van der Waals surface area (Å²) in [4.78, 5) is 7.60. The molecule has 0 N–H and O–H groups in total. The van der Waals surface area contributed by atoms with Gasteiger partial charge in [0.15, 0.2) is 0 Å². The molecule has 0 bridgehead atoms. The van der Waals surface area contributed by atoms with Crippen molar-refractivity contribution in [3.8, 4) is 0 Å². The van der Waals surface area contributed by atoms with Gasteiger partial charge in [0.25, 0.3) is 0 Å². The summed E-state index contributed by atoms with van der Waals surface area (Å²) in [6, 6.07) is 26.4. The molecule has 0 aromatic heterocycles. The van der Waals surface area contributed by atoms with E-state index in [-0.39, 0.29) is 0 Å². The van der Waals surface area contributed by atoms with Crippen LogP contribution in [0.4, 0.5) is 5.69 Å². The Hall–Kier alpha value is -2.84. The zero-order valence-corrected chi connectivity index (χ0v) is 18.2. The Bertz CT molecular complexity index is 1160. The maximum absolute atomic E-state index is 5.05. The minimum Gasteiger partial charge on any atom is -0.251 e. The van der Waals surface area contributed by atoms with Crippen molar-refractivity contribution in [3.63, 3.8) is 0 Å². The smallest absolute Gasteiger partial charge is 0.0776 e. The number of fused-ring (bicyclic) bond motifs is 2. The van der Waals surface area contributed by atoms with E-state index in [0.29, 0.717) is 11.8 Å². The number of benzene rings is 3. The highest BCUT2D eigenvalue weighted by Crippen LogP contribution is 2.46. The summed E-state index contributed by atoms with van der Waals surface area (Å²) >= 11 is 1.86. The molecular weight excluding hydrogens is 382 g/mol. The van der Waals surface area contributed by atoms with E-state index < -0.39 is 0 Å². The molecular formula is C28H25NS. The van der Waals surface area contributed by atoms with Crippen molar-refractivity contribution in [1.82, 2.24) is 0 Å². The van der Waals surface area contributed by atoms with Crippen molar-refractivity contribution < 1.29 is 0 Å². The van der Waals surface area contributed by atoms with Crippen LogP contribution in [0.1, 0.15) is 54.4 Å². The summed E-state index contributed by atoms with van der Waals surface area (Å²) in [7, 11) is 0. The van der Waals surface area contributed by atoms with Gasteiger partial charge in [-0.3, -0.25) is 4.99 Å². The lowest BCUT2D eigenvalue weighted by atomic mass is 9.82. The Balaban J connectivity index is 1.66. The molecule has 148 valence electrons. The molecule has 0 spiro atoms. The topological polar surface area (TPSA) is 12.4 Å². The first kappa shape index (κ1) is 19.1. The van der Waals surface area contributed by atoms with Gasteiger partial charge in [0.2, 0.25) is 0 Å². The highest BCUT2D eigenvalue weighted by Gasteiger charge is 2.25. The highest BCUT2D eigenvalue weighted by molar-refractivity contribution is 8.04. The molecule has 2 aliphatic rings. The first-order valence-corrected chi connectivity index (χ1v) is 11.4. The number of rotatable bonds is 4. The van der Waals surface area contributed by atoms with Gasteiger partial charge in [-0.05, 0) is 40.5 Å². The van der Waals surface area contributed by atoms with Crippen molar-refractivity contribution in [2.45, 2.75) is 37.0 Å². The van der Waals surface area contributed by atoms with E-state index in [1.807, 2.05) is 11.8 Å². The van der Waals surface area contributed by atoms with Gasteiger partial charge in [-0.1, -0.05) is 98.4 Å². The Morgan fingerprint density at radius 3 is 2.03 bits per heavy atom. The molecule has 3 aromatic rings. The minimum absolute atomic E-state index is 0.311. The third-order valence-electron chi connectivity index (χ3n) is 6.15. The molecule has 1 heterocycles. The van der Waals surface area contributed by atoms with E-state index in [2.05, 4.69) is 105 Å². The van der Waals surface area contributed by atoms with Crippen LogP contribution in [0.3, 0.4) is 0 Å². The van der Waals surface area contributed by atoms with Crippen LogP contribution < -0.4 is 0 Å². The maximum Gasteiger partial charge on any atom is 0.0776 e. The van der Waals surface area contributed by atoms with Crippen LogP contribution in [0.25, 0.3) is 0 Å². The van der Waals surface area contributed by atoms with E-state index in [1.54, 1.807) is 0 Å². The third-order valence-corrected chi connectivity index (χ3v) is 7.29. The van der Waals surface area contributed by atoms with E-state index >= 15 is 0 Å². The van der Waals surface area contributed by atoms with Crippen LogP contribution in [0.15, 0.2) is 106 Å². The minimum atomic E-state index is 0.311. The van der Waals surface area contributed by atoms with Gasteiger partial charge < -0.3 is 0 Å². The summed E-state index contributed by atoms with van der Waals surface area (Å²) in [5.41, 5.74) is 7.77. The van der Waals surface area contributed by atoms with E-state index in [1.165, 1.54) is 37.8 Å². The molecule has 2 unspecified atom stereocenters. The first-order chi connectivity index (χ1) is 14.7. The second kappa shape index (κ2) is 8.12. The SMILES string of the molecule is CC(c1ccccc1)c1cc2c(cc1C(C)c1ccccc1)SC1=CC=CCC1=N2.